The van der Waals surface area contributed by atoms with Gasteiger partial charge in [0.15, 0.2) is 12.6 Å². The molecule has 0 aromatic heterocycles. The summed E-state index contributed by atoms with van der Waals surface area (Å²) < 4.78 is 5.33. The van der Waals surface area contributed by atoms with Crippen LogP contribution in [-0.2, 0) is 11.3 Å². The second kappa shape index (κ2) is 10.4. The molecule has 0 spiro atoms. The van der Waals surface area contributed by atoms with Crippen LogP contribution in [0.1, 0.15) is 31.0 Å². The van der Waals surface area contributed by atoms with Crippen molar-refractivity contribution in [3.8, 4) is 5.75 Å². The molecule has 0 fully saturated rings. The van der Waals surface area contributed by atoms with E-state index in [1.165, 1.54) is 0 Å². The van der Waals surface area contributed by atoms with Gasteiger partial charge >= 0.3 is 0 Å². The second-order valence-electron chi connectivity index (χ2n) is 6.02. The van der Waals surface area contributed by atoms with Gasteiger partial charge in [-0.1, -0.05) is 35.9 Å². The van der Waals surface area contributed by atoms with E-state index in [1.807, 2.05) is 49.4 Å². The maximum atomic E-state index is 10.8. The standard InChI is InChI=1S/C20H25ClN4O2/c1-3-23-20(25-14(2)16-7-5-8-17(21)11-16)24-12-15-6-4-9-18(10-15)27-13-19(22)26/h4-11,14H,3,12-13H2,1-2H3,(H2,22,26)(H2,23,24,25). The molecule has 0 aliphatic heterocycles. The van der Waals surface area contributed by atoms with Crippen molar-refractivity contribution >= 4 is 23.5 Å². The highest BCUT2D eigenvalue weighted by Gasteiger charge is 2.08. The summed E-state index contributed by atoms with van der Waals surface area (Å²) in [6.07, 6.45) is 0. The Balaban J connectivity index is 2.04. The number of rotatable bonds is 8. The zero-order chi connectivity index (χ0) is 19.6. The lowest BCUT2D eigenvalue weighted by Crippen LogP contribution is -2.38. The molecular formula is C20H25ClN4O2. The van der Waals surface area contributed by atoms with Gasteiger partial charge in [0, 0.05) is 11.6 Å². The van der Waals surface area contributed by atoms with Crippen LogP contribution in [0, 0.1) is 0 Å². The van der Waals surface area contributed by atoms with Gasteiger partial charge in [-0.05, 0) is 49.2 Å². The molecule has 0 radical (unpaired) electrons. The van der Waals surface area contributed by atoms with Gasteiger partial charge in [-0.25, -0.2) is 4.99 Å². The van der Waals surface area contributed by atoms with E-state index in [1.54, 1.807) is 6.07 Å². The molecule has 2 rings (SSSR count). The number of nitrogens with two attached hydrogens (primary N) is 1. The Hall–Kier alpha value is -2.73. The van der Waals surface area contributed by atoms with Crippen LogP contribution in [0.2, 0.25) is 5.02 Å². The molecule has 0 heterocycles. The molecule has 7 heteroatoms. The molecule has 144 valence electrons. The van der Waals surface area contributed by atoms with Gasteiger partial charge in [-0.3, -0.25) is 4.79 Å². The van der Waals surface area contributed by atoms with Gasteiger partial charge in [0.05, 0.1) is 12.6 Å². The largest absolute Gasteiger partial charge is 0.484 e. The summed E-state index contributed by atoms with van der Waals surface area (Å²) in [6.45, 7) is 5.13. The summed E-state index contributed by atoms with van der Waals surface area (Å²) in [5.74, 6) is 0.784. The van der Waals surface area contributed by atoms with Gasteiger partial charge in [0.25, 0.3) is 5.91 Å². The van der Waals surface area contributed by atoms with E-state index in [9.17, 15) is 4.79 Å². The molecule has 1 unspecified atom stereocenters. The maximum Gasteiger partial charge on any atom is 0.255 e. The minimum Gasteiger partial charge on any atom is -0.484 e. The van der Waals surface area contributed by atoms with E-state index in [4.69, 9.17) is 22.1 Å². The van der Waals surface area contributed by atoms with Crippen molar-refractivity contribution in [1.29, 1.82) is 0 Å². The maximum absolute atomic E-state index is 10.8. The average Bonchev–Trinajstić information content (AvgIpc) is 2.65. The summed E-state index contributed by atoms with van der Waals surface area (Å²) in [7, 11) is 0. The summed E-state index contributed by atoms with van der Waals surface area (Å²) in [5.41, 5.74) is 7.14. The van der Waals surface area contributed by atoms with Crippen molar-refractivity contribution < 1.29 is 9.53 Å². The first-order valence-corrected chi connectivity index (χ1v) is 9.16. The van der Waals surface area contributed by atoms with E-state index in [0.29, 0.717) is 23.3 Å². The number of hydrogen-bond acceptors (Lipinski definition) is 3. The van der Waals surface area contributed by atoms with Gasteiger partial charge in [0.1, 0.15) is 5.75 Å². The highest BCUT2D eigenvalue weighted by atomic mass is 35.5. The Morgan fingerprint density at radius 1 is 1.26 bits per heavy atom. The molecule has 1 amide bonds. The number of halogens is 1. The molecule has 0 aliphatic rings. The fraction of sp³-hybridized carbons (Fsp3) is 0.300. The number of primary amides is 1. The van der Waals surface area contributed by atoms with Gasteiger partial charge in [0.2, 0.25) is 0 Å². The van der Waals surface area contributed by atoms with Crippen molar-refractivity contribution in [2.24, 2.45) is 10.7 Å². The van der Waals surface area contributed by atoms with Crippen LogP contribution in [0.5, 0.6) is 5.75 Å². The molecule has 0 saturated heterocycles. The fourth-order valence-corrected chi connectivity index (χ4v) is 2.64. The molecule has 4 N–H and O–H groups in total. The van der Waals surface area contributed by atoms with Gasteiger partial charge < -0.3 is 21.1 Å². The van der Waals surface area contributed by atoms with E-state index < -0.39 is 5.91 Å². The topological polar surface area (TPSA) is 88.7 Å². The van der Waals surface area contributed by atoms with E-state index in [2.05, 4.69) is 22.5 Å². The monoisotopic (exact) mass is 388 g/mol. The molecule has 2 aromatic rings. The number of ether oxygens (including phenoxy) is 1. The Labute approximate surface area is 164 Å². The number of aliphatic imine (C=N–C) groups is 1. The Morgan fingerprint density at radius 3 is 2.74 bits per heavy atom. The van der Waals surface area contributed by atoms with Crippen molar-refractivity contribution in [2.75, 3.05) is 13.2 Å². The van der Waals surface area contributed by atoms with E-state index in [-0.39, 0.29) is 12.6 Å². The number of carbonyl (C=O) groups is 1. The lowest BCUT2D eigenvalue weighted by molar-refractivity contribution is -0.119. The predicted molar refractivity (Wildman–Crippen MR) is 109 cm³/mol. The summed E-state index contributed by atoms with van der Waals surface area (Å²) >= 11 is 6.07. The van der Waals surface area contributed by atoms with Crippen LogP contribution < -0.4 is 21.1 Å². The lowest BCUT2D eigenvalue weighted by atomic mass is 10.1. The van der Waals surface area contributed by atoms with Crippen LogP contribution in [-0.4, -0.2) is 25.0 Å². The molecule has 0 saturated carbocycles. The Bertz CT molecular complexity index is 795. The van der Waals surface area contributed by atoms with Crippen LogP contribution in [0.15, 0.2) is 53.5 Å². The van der Waals surface area contributed by atoms with Crippen molar-refractivity contribution in [3.05, 3.63) is 64.7 Å². The number of benzene rings is 2. The van der Waals surface area contributed by atoms with Crippen LogP contribution in [0.4, 0.5) is 0 Å². The van der Waals surface area contributed by atoms with Crippen molar-refractivity contribution in [2.45, 2.75) is 26.4 Å². The number of guanidine groups is 1. The fourth-order valence-electron chi connectivity index (χ4n) is 2.44. The summed E-state index contributed by atoms with van der Waals surface area (Å²) in [4.78, 5) is 15.5. The minimum atomic E-state index is -0.507. The van der Waals surface area contributed by atoms with Crippen LogP contribution >= 0.6 is 11.6 Å². The number of hydrogen-bond donors (Lipinski definition) is 3. The zero-order valence-corrected chi connectivity index (χ0v) is 16.3. The van der Waals surface area contributed by atoms with E-state index >= 15 is 0 Å². The predicted octanol–water partition coefficient (Wildman–Crippen LogP) is 3.02. The smallest absolute Gasteiger partial charge is 0.255 e. The second-order valence-corrected chi connectivity index (χ2v) is 6.46. The zero-order valence-electron chi connectivity index (χ0n) is 15.5. The van der Waals surface area contributed by atoms with E-state index in [0.717, 1.165) is 17.7 Å². The Kier molecular flexibility index (Phi) is 7.95. The molecule has 27 heavy (non-hydrogen) atoms. The molecule has 6 nitrogen and oxygen atoms in total. The number of carbonyl (C=O) groups excluding carboxylic acids is 1. The first-order valence-electron chi connectivity index (χ1n) is 8.78. The third-order valence-corrected chi connectivity index (χ3v) is 3.98. The number of nitrogens with one attached hydrogen (secondary N) is 2. The molecule has 0 aliphatic carbocycles. The first-order chi connectivity index (χ1) is 13.0. The SMILES string of the molecule is CCNC(=NCc1cccc(OCC(N)=O)c1)NC(C)c1cccc(Cl)c1. The quantitative estimate of drug-likeness (QED) is 0.479. The average molecular weight is 389 g/mol. The molecule has 0 bridgehead atoms. The highest BCUT2D eigenvalue weighted by molar-refractivity contribution is 6.30. The van der Waals surface area contributed by atoms with Gasteiger partial charge in [-0.15, -0.1) is 0 Å². The summed E-state index contributed by atoms with van der Waals surface area (Å²) in [6, 6.07) is 15.2. The first kappa shape index (κ1) is 20.6. The normalized spacial score (nSPS) is 12.3. The third kappa shape index (κ3) is 7.19. The van der Waals surface area contributed by atoms with Crippen LogP contribution in [0.25, 0.3) is 0 Å². The molecular weight excluding hydrogens is 364 g/mol. The van der Waals surface area contributed by atoms with Crippen molar-refractivity contribution in [1.82, 2.24) is 10.6 Å². The Morgan fingerprint density at radius 2 is 2.04 bits per heavy atom. The van der Waals surface area contributed by atoms with Crippen LogP contribution in [0.3, 0.4) is 0 Å². The summed E-state index contributed by atoms with van der Waals surface area (Å²) in [5, 5.41) is 7.31. The highest BCUT2D eigenvalue weighted by Crippen LogP contribution is 2.17. The number of amides is 1. The van der Waals surface area contributed by atoms with Gasteiger partial charge in [-0.2, -0.15) is 0 Å². The molecule has 1 atom stereocenters. The molecule has 2 aromatic carbocycles. The van der Waals surface area contributed by atoms with Crippen molar-refractivity contribution in [3.63, 3.8) is 0 Å². The third-order valence-electron chi connectivity index (χ3n) is 3.75. The number of nitrogens with zero attached hydrogens (tertiary/aromatic N) is 1. The minimum absolute atomic E-state index is 0.0479. The lowest BCUT2D eigenvalue weighted by Gasteiger charge is -2.18.